The molecule has 2 rings (SSSR count). The van der Waals surface area contributed by atoms with Gasteiger partial charge in [0.15, 0.2) is 0 Å². The van der Waals surface area contributed by atoms with Crippen LogP contribution in [0.4, 0.5) is 0 Å². The van der Waals surface area contributed by atoms with Crippen molar-refractivity contribution in [3.8, 4) is 0 Å². The van der Waals surface area contributed by atoms with Gasteiger partial charge in [-0.2, -0.15) is 0 Å². The highest BCUT2D eigenvalue weighted by Gasteiger charge is 2.21. The van der Waals surface area contributed by atoms with Crippen molar-refractivity contribution in [2.75, 3.05) is 13.2 Å². The fourth-order valence-corrected chi connectivity index (χ4v) is 3.24. The summed E-state index contributed by atoms with van der Waals surface area (Å²) < 4.78 is 5.51. The first-order valence-electron chi connectivity index (χ1n) is 7.00. The third-order valence-corrected chi connectivity index (χ3v) is 4.91. The predicted octanol–water partition coefficient (Wildman–Crippen LogP) is 3.51. The van der Waals surface area contributed by atoms with E-state index < -0.39 is 0 Å². The quantitative estimate of drug-likeness (QED) is 0.817. The number of hydrogen-bond acceptors (Lipinski definition) is 3. The van der Waals surface area contributed by atoms with Crippen LogP contribution in [0.25, 0.3) is 0 Å². The summed E-state index contributed by atoms with van der Waals surface area (Å²) in [5.41, 5.74) is 0. The molecule has 0 radical (unpaired) electrons. The summed E-state index contributed by atoms with van der Waals surface area (Å²) in [6, 6.07) is 7.59. The molecule has 0 aliphatic carbocycles. The number of nitrogens with one attached hydrogen (secondary N) is 1. The SMILES string of the molecule is CCC(Sc1ccc(Cl)cc1)C(=O)NCC1CCCO1. The summed E-state index contributed by atoms with van der Waals surface area (Å²) in [6.07, 6.45) is 3.13. The Morgan fingerprint density at radius 3 is 2.85 bits per heavy atom. The number of benzene rings is 1. The van der Waals surface area contributed by atoms with Crippen LogP contribution in [0.15, 0.2) is 29.2 Å². The first-order valence-corrected chi connectivity index (χ1v) is 8.26. The molecule has 1 amide bonds. The van der Waals surface area contributed by atoms with Crippen LogP contribution < -0.4 is 5.32 Å². The van der Waals surface area contributed by atoms with Gasteiger partial charge >= 0.3 is 0 Å². The molecular weight excluding hydrogens is 294 g/mol. The van der Waals surface area contributed by atoms with Crippen molar-refractivity contribution in [2.24, 2.45) is 0 Å². The fraction of sp³-hybridized carbons (Fsp3) is 0.533. The second-order valence-corrected chi connectivity index (χ2v) is 6.56. The molecule has 110 valence electrons. The Morgan fingerprint density at radius 2 is 2.25 bits per heavy atom. The van der Waals surface area contributed by atoms with E-state index in [4.69, 9.17) is 16.3 Å². The monoisotopic (exact) mass is 313 g/mol. The molecule has 3 nitrogen and oxygen atoms in total. The Kier molecular flexibility index (Phi) is 6.20. The van der Waals surface area contributed by atoms with Gasteiger partial charge in [0.2, 0.25) is 5.91 Å². The van der Waals surface area contributed by atoms with Gasteiger partial charge in [-0.05, 0) is 43.5 Å². The minimum atomic E-state index is -0.0717. The lowest BCUT2D eigenvalue weighted by atomic mass is 10.2. The molecule has 0 saturated carbocycles. The van der Waals surface area contributed by atoms with E-state index in [0.29, 0.717) is 11.6 Å². The predicted molar refractivity (Wildman–Crippen MR) is 83.4 cm³/mol. The number of thioether (sulfide) groups is 1. The molecule has 1 saturated heterocycles. The molecule has 1 aliphatic heterocycles. The van der Waals surface area contributed by atoms with Crippen molar-refractivity contribution in [3.05, 3.63) is 29.3 Å². The Morgan fingerprint density at radius 1 is 1.50 bits per heavy atom. The number of rotatable bonds is 6. The Balaban J connectivity index is 1.83. The van der Waals surface area contributed by atoms with Crippen LogP contribution in [0.5, 0.6) is 0 Å². The number of amides is 1. The minimum Gasteiger partial charge on any atom is -0.376 e. The van der Waals surface area contributed by atoms with E-state index in [1.807, 2.05) is 31.2 Å². The number of carbonyl (C=O) groups is 1. The van der Waals surface area contributed by atoms with E-state index in [9.17, 15) is 4.79 Å². The van der Waals surface area contributed by atoms with Gasteiger partial charge in [-0.15, -0.1) is 11.8 Å². The van der Waals surface area contributed by atoms with E-state index in [2.05, 4.69) is 5.32 Å². The highest BCUT2D eigenvalue weighted by Crippen LogP contribution is 2.26. The maximum absolute atomic E-state index is 12.2. The van der Waals surface area contributed by atoms with Crippen LogP contribution in [0.1, 0.15) is 26.2 Å². The molecule has 2 atom stereocenters. The second-order valence-electron chi connectivity index (χ2n) is 4.85. The van der Waals surface area contributed by atoms with Crippen LogP contribution >= 0.6 is 23.4 Å². The van der Waals surface area contributed by atoms with Gasteiger partial charge in [-0.1, -0.05) is 18.5 Å². The van der Waals surface area contributed by atoms with Crippen LogP contribution in [0.3, 0.4) is 0 Å². The molecule has 20 heavy (non-hydrogen) atoms. The normalized spacial score (nSPS) is 19.8. The van der Waals surface area contributed by atoms with E-state index in [1.165, 1.54) is 0 Å². The zero-order valence-corrected chi connectivity index (χ0v) is 13.2. The molecule has 1 N–H and O–H groups in total. The minimum absolute atomic E-state index is 0.0717. The number of hydrogen-bond donors (Lipinski definition) is 1. The van der Waals surface area contributed by atoms with Crippen molar-refractivity contribution in [1.82, 2.24) is 5.32 Å². The topological polar surface area (TPSA) is 38.3 Å². The van der Waals surface area contributed by atoms with Crippen LogP contribution in [0, 0.1) is 0 Å². The lowest BCUT2D eigenvalue weighted by Crippen LogP contribution is -2.37. The highest BCUT2D eigenvalue weighted by molar-refractivity contribution is 8.00. The molecule has 1 heterocycles. The van der Waals surface area contributed by atoms with E-state index in [0.717, 1.165) is 30.8 Å². The summed E-state index contributed by atoms with van der Waals surface area (Å²) in [4.78, 5) is 13.3. The standard InChI is InChI=1S/C15H20ClNO2S/c1-2-14(20-13-7-5-11(16)6-8-13)15(18)17-10-12-4-3-9-19-12/h5-8,12,14H,2-4,9-10H2,1H3,(H,17,18). The van der Waals surface area contributed by atoms with E-state index in [-0.39, 0.29) is 17.3 Å². The molecule has 0 aromatic heterocycles. The van der Waals surface area contributed by atoms with E-state index >= 15 is 0 Å². The lowest BCUT2D eigenvalue weighted by molar-refractivity contribution is -0.121. The first-order chi connectivity index (χ1) is 9.69. The summed E-state index contributed by atoms with van der Waals surface area (Å²) in [7, 11) is 0. The summed E-state index contributed by atoms with van der Waals surface area (Å²) in [6.45, 7) is 3.47. The third kappa shape index (κ3) is 4.69. The van der Waals surface area contributed by atoms with Crippen LogP contribution in [-0.4, -0.2) is 30.4 Å². The van der Waals surface area contributed by atoms with Crippen molar-refractivity contribution in [3.63, 3.8) is 0 Å². The Bertz CT molecular complexity index is 432. The van der Waals surface area contributed by atoms with Crippen molar-refractivity contribution in [2.45, 2.75) is 42.4 Å². The average Bonchev–Trinajstić information content (AvgIpc) is 2.97. The van der Waals surface area contributed by atoms with Gasteiger partial charge in [-0.3, -0.25) is 4.79 Å². The molecule has 1 fully saturated rings. The van der Waals surface area contributed by atoms with Gasteiger partial charge in [0.25, 0.3) is 0 Å². The third-order valence-electron chi connectivity index (χ3n) is 3.28. The highest BCUT2D eigenvalue weighted by atomic mass is 35.5. The first kappa shape index (κ1) is 15.7. The van der Waals surface area contributed by atoms with Crippen molar-refractivity contribution >= 4 is 29.3 Å². The molecular formula is C15H20ClNO2S. The van der Waals surface area contributed by atoms with Gasteiger partial charge in [0.1, 0.15) is 0 Å². The summed E-state index contributed by atoms with van der Waals surface area (Å²) in [5, 5.41) is 3.64. The zero-order chi connectivity index (χ0) is 14.4. The van der Waals surface area contributed by atoms with Crippen LogP contribution in [-0.2, 0) is 9.53 Å². The van der Waals surface area contributed by atoms with Crippen LogP contribution in [0.2, 0.25) is 5.02 Å². The van der Waals surface area contributed by atoms with Gasteiger partial charge in [0, 0.05) is 23.1 Å². The van der Waals surface area contributed by atoms with Crippen molar-refractivity contribution in [1.29, 1.82) is 0 Å². The Labute approximate surface area is 129 Å². The molecule has 0 bridgehead atoms. The maximum atomic E-state index is 12.2. The number of carbonyl (C=O) groups excluding carboxylic acids is 1. The summed E-state index contributed by atoms with van der Waals surface area (Å²) in [5.74, 6) is 0.0861. The van der Waals surface area contributed by atoms with Gasteiger partial charge < -0.3 is 10.1 Å². The molecule has 1 aliphatic rings. The number of halogens is 1. The smallest absolute Gasteiger partial charge is 0.233 e. The molecule has 0 spiro atoms. The van der Waals surface area contributed by atoms with Gasteiger partial charge in [0.05, 0.1) is 11.4 Å². The zero-order valence-electron chi connectivity index (χ0n) is 11.6. The van der Waals surface area contributed by atoms with E-state index in [1.54, 1.807) is 11.8 Å². The average molecular weight is 314 g/mol. The molecule has 1 aromatic rings. The largest absolute Gasteiger partial charge is 0.376 e. The van der Waals surface area contributed by atoms with Crippen molar-refractivity contribution < 1.29 is 9.53 Å². The van der Waals surface area contributed by atoms with Gasteiger partial charge in [-0.25, -0.2) is 0 Å². The second kappa shape index (κ2) is 7.91. The maximum Gasteiger partial charge on any atom is 0.233 e. The molecule has 1 aromatic carbocycles. The Hall–Kier alpha value is -0.710. The summed E-state index contributed by atoms with van der Waals surface area (Å²) >= 11 is 7.44. The fourth-order valence-electron chi connectivity index (χ4n) is 2.13. The number of ether oxygens (including phenoxy) is 1. The lowest BCUT2D eigenvalue weighted by Gasteiger charge is -2.16. The molecule has 2 unspecified atom stereocenters. The molecule has 5 heteroatoms.